The van der Waals surface area contributed by atoms with E-state index in [1.807, 2.05) is 27.8 Å². The SMILES string of the molecule is CCN(CCO)C(=O)c1cc(C)nc2c1c(C)nn2C. The molecule has 6 heteroatoms. The Balaban J connectivity index is 2.61. The van der Waals surface area contributed by atoms with E-state index in [2.05, 4.69) is 10.1 Å². The molecule has 0 fully saturated rings. The standard InChI is InChI=1S/C14H20N4O2/c1-5-18(6-7-19)14(20)11-8-9(2)15-13-12(11)10(3)16-17(13)4/h8,19H,5-7H2,1-4H3. The molecule has 1 N–H and O–H groups in total. The van der Waals surface area contributed by atoms with Gasteiger partial charge in [-0.15, -0.1) is 0 Å². The summed E-state index contributed by atoms with van der Waals surface area (Å²) in [6.45, 7) is 6.48. The lowest BCUT2D eigenvalue weighted by atomic mass is 10.1. The molecular weight excluding hydrogens is 256 g/mol. The molecular formula is C14H20N4O2. The molecule has 6 nitrogen and oxygen atoms in total. The van der Waals surface area contributed by atoms with Crippen molar-refractivity contribution in [3.05, 3.63) is 23.0 Å². The van der Waals surface area contributed by atoms with Crippen LogP contribution in [-0.2, 0) is 7.05 Å². The molecule has 2 aromatic heterocycles. The molecule has 0 aliphatic rings. The largest absolute Gasteiger partial charge is 0.395 e. The highest BCUT2D eigenvalue weighted by Crippen LogP contribution is 2.22. The van der Waals surface area contributed by atoms with Gasteiger partial charge in [-0.2, -0.15) is 5.10 Å². The summed E-state index contributed by atoms with van der Waals surface area (Å²) in [4.78, 5) is 18.7. The van der Waals surface area contributed by atoms with Gasteiger partial charge in [-0.05, 0) is 26.8 Å². The van der Waals surface area contributed by atoms with Crippen molar-refractivity contribution in [2.45, 2.75) is 20.8 Å². The first-order valence-electron chi connectivity index (χ1n) is 6.70. The first-order chi connectivity index (χ1) is 9.49. The molecule has 0 spiro atoms. The van der Waals surface area contributed by atoms with Crippen LogP contribution in [0, 0.1) is 13.8 Å². The molecule has 20 heavy (non-hydrogen) atoms. The van der Waals surface area contributed by atoms with Crippen LogP contribution in [0.25, 0.3) is 11.0 Å². The van der Waals surface area contributed by atoms with Crippen molar-refractivity contribution >= 4 is 16.9 Å². The van der Waals surface area contributed by atoms with E-state index in [0.29, 0.717) is 24.3 Å². The lowest BCUT2D eigenvalue weighted by molar-refractivity contribution is 0.0733. The third-order valence-electron chi connectivity index (χ3n) is 3.37. The van der Waals surface area contributed by atoms with Crippen LogP contribution in [0.2, 0.25) is 0 Å². The van der Waals surface area contributed by atoms with Crippen molar-refractivity contribution < 1.29 is 9.90 Å². The first-order valence-corrected chi connectivity index (χ1v) is 6.70. The second kappa shape index (κ2) is 5.58. The van der Waals surface area contributed by atoms with E-state index in [1.54, 1.807) is 15.6 Å². The molecule has 0 unspecified atom stereocenters. The number of amides is 1. The number of fused-ring (bicyclic) bond motifs is 1. The number of hydrogen-bond acceptors (Lipinski definition) is 4. The Morgan fingerprint density at radius 3 is 2.75 bits per heavy atom. The number of aromatic nitrogens is 3. The molecule has 0 saturated carbocycles. The molecule has 0 radical (unpaired) electrons. The van der Waals surface area contributed by atoms with Crippen molar-refractivity contribution in [1.82, 2.24) is 19.7 Å². The van der Waals surface area contributed by atoms with Gasteiger partial charge in [0.05, 0.1) is 23.3 Å². The number of carbonyl (C=O) groups is 1. The highest BCUT2D eigenvalue weighted by atomic mass is 16.3. The number of aliphatic hydroxyl groups excluding tert-OH is 1. The third kappa shape index (κ3) is 2.38. The summed E-state index contributed by atoms with van der Waals surface area (Å²) in [7, 11) is 1.82. The van der Waals surface area contributed by atoms with Crippen molar-refractivity contribution in [2.75, 3.05) is 19.7 Å². The van der Waals surface area contributed by atoms with Gasteiger partial charge >= 0.3 is 0 Å². The van der Waals surface area contributed by atoms with Gasteiger partial charge in [0, 0.05) is 25.8 Å². The van der Waals surface area contributed by atoms with Crippen LogP contribution in [-0.4, -0.2) is 50.4 Å². The summed E-state index contributed by atoms with van der Waals surface area (Å²) < 4.78 is 1.69. The van der Waals surface area contributed by atoms with E-state index in [1.165, 1.54) is 0 Å². The molecule has 108 valence electrons. The predicted octanol–water partition coefficient (Wildman–Crippen LogP) is 1.04. The van der Waals surface area contributed by atoms with Gasteiger partial charge in [0.1, 0.15) is 0 Å². The molecule has 0 bridgehead atoms. The van der Waals surface area contributed by atoms with E-state index in [9.17, 15) is 4.79 Å². The van der Waals surface area contributed by atoms with Crippen molar-refractivity contribution in [3.8, 4) is 0 Å². The minimum absolute atomic E-state index is 0.0428. The maximum atomic E-state index is 12.6. The molecule has 0 saturated heterocycles. The summed E-state index contributed by atoms with van der Waals surface area (Å²) >= 11 is 0. The zero-order chi connectivity index (χ0) is 14.9. The van der Waals surface area contributed by atoms with Gasteiger partial charge in [0.25, 0.3) is 5.91 Å². The summed E-state index contributed by atoms with van der Waals surface area (Å²) in [5, 5.41) is 14.2. The van der Waals surface area contributed by atoms with E-state index in [-0.39, 0.29) is 12.5 Å². The fourth-order valence-corrected chi connectivity index (χ4v) is 2.43. The molecule has 2 aromatic rings. The lowest BCUT2D eigenvalue weighted by Crippen LogP contribution is -2.33. The fourth-order valence-electron chi connectivity index (χ4n) is 2.43. The normalized spacial score (nSPS) is 11.1. The summed E-state index contributed by atoms with van der Waals surface area (Å²) in [5.41, 5.74) is 2.89. The zero-order valence-corrected chi connectivity index (χ0v) is 12.3. The Labute approximate surface area is 118 Å². The van der Waals surface area contributed by atoms with Crippen LogP contribution in [0.4, 0.5) is 0 Å². The Kier molecular flexibility index (Phi) is 4.04. The van der Waals surface area contributed by atoms with E-state index in [4.69, 9.17) is 5.11 Å². The Hall–Kier alpha value is -1.95. The summed E-state index contributed by atoms with van der Waals surface area (Å²) in [5.74, 6) is -0.0897. The molecule has 1 amide bonds. The highest BCUT2D eigenvalue weighted by molar-refractivity contribution is 6.06. The Morgan fingerprint density at radius 1 is 1.45 bits per heavy atom. The number of likely N-dealkylation sites (N-methyl/N-ethyl adjacent to an activating group) is 1. The smallest absolute Gasteiger partial charge is 0.254 e. The summed E-state index contributed by atoms with van der Waals surface area (Å²) in [6.07, 6.45) is 0. The zero-order valence-electron chi connectivity index (χ0n) is 12.3. The molecule has 0 aliphatic carbocycles. The molecule has 2 rings (SSSR count). The van der Waals surface area contributed by atoms with Gasteiger partial charge in [-0.25, -0.2) is 4.98 Å². The van der Waals surface area contributed by atoms with Crippen molar-refractivity contribution in [3.63, 3.8) is 0 Å². The first kappa shape index (κ1) is 14.5. The van der Waals surface area contributed by atoms with Crippen LogP contribution in [0.5, 0.6) is 0 Å². The monoisotopic (exact) mass is 276 g/mol. The Morgan fingerprint density at radius 2 is 2.15 bits per heavy atom. The number of carbonyl (C=O) groups excluding carboxylic acids is 1. The number of pyridine rings is 1. The van der Waals surface area contributed by atoms with E-state index < -0.39 is 0 Å². The second-order valence-corrected chi connectivity index (χ2v) is 4.83. The number of nitrogens with zero attached hydrogens (tertiary/aromatic N) is 4. The minimum atomic E-state index is -0.0897. The molecule has 0 atom stereocenters. The van der Waals surface area contributed by atoms with Crippen molar-refractivity contribution in [2.24, 2.45) is 7.05 Å². The van der Waals surface area contributed by atoms with Crippen LogP contribution < -0.4 is 0 Å². The van der Waals surface area contributed by atoms with Gasteiger partial charge in [-0.3, -0.25) is 9.48 Å². The van der Waals surface area contributed by atoms with Gasteiger partial charge < -0.3 is 10.0 Å². The molecule has 2 heterocycles. The summed E-state index contributed by atoms with van der Waals surface area (Å²) in [6, 6.07) is 1.79. The third-order valence-corrected chi connectivity index (χ3v) is 3.37. The Bertz CT molecular complexity index is 648. The average molecular weight is 276 g/mol. The number of rotatable bonds is 4. The van der Waals surface area contributed by atoms with Crippen LogP contribution in [0.1, 0.15) is 28.7 Å². The molecule has 0 aromatic carbocycles. The predicted molar refractivity (Wildman–Crippen MR) is 76.6 cm³/mol. The maximum Gasteiger partial charge on any atom is 0.254 e. The number of aryl methyl sites for hydroxylation is 3. The highest BCUT2D eigenvalue weighted by Gasteiger charge is 2.21. The lowest BCUT2D eigenvalue weighted by Gasteiger charge is -2.20. The van der Waals surface area contributed by atoms with Crippen molar-refractivity contribution in [1.29, 1.82) is 0 Å². The van der Waals surface area contributed by atoms with Crippen LogP contribution in [0.15, 0.2) is 6.07 Å². The average Bonchev–Trinajstić information content (AvgIpc) is 2.69. The second-order valence-electron chi connectivity index (χ2n) is 4.83. The minimum Gasteiger partial charge on any atom is -0.395 e. The maximum absolute atomic E-state index is 12.6. The van der Waals surface area contributed by atoms with Gasteiger partial charge in [0.15, 0.2) is 5.65 Å². The number of hydrogen-bond donors (Lipinski definition) is 1. The number of aliphatic hydroxyl groups is 1. The van der Waals surface area contributed by atoms with E-state index in [0.717, 1.165) is 16.8 Å². The van der Waals surface area contributed by atoms with Gasteiger partial charge in [0.2, 0.25) is 0 Å². The quantitative estimate of drug-likeness (QED) is 0.905. The van der Waals surface area contributed by atoms with Gasteiger partial charge in [-0.1, -0.05) is 0 Å². The van der Waals surface area contributed by atoms with E-state index >= 15 is 0 Å². The van der Waals surface area contributed by atoms with Crippen LogP contribution >= 0.6 is 0 Å². The fraction of sp³-hybridized carbons (Fsp3) is 0.500. The topological polar surface area (TPSA) is 71.2 Å². The molecule has 0 aliphatic heterocycles. The van der Waals surface area contributed by atoms with Crippen LogP contribution in [0.3, 0.4) is 0 Å².